The molecule has 0 bridgehead atoms. The zero-order valence-electron chi connectivity index (χ0n) is 24.7. The smallest absolute Gasteiger partial charge is 0.333 e. The number of ether oxygens (including phenoxy) is 5. The minimum Gasteiger partial charge on any atom is -0.382 e. The Hall–Kier alpha value is -2.42. The van der Waals surface area contributed by atoms with Gasteiger partial charge in [-0.1, -0.05) is 34.3 Å². The van der Waals surface area contributed by atoms with Crippen LogP contribution in [0.3, 0.4) is 0 Å². The van der Waals surface area contributed by atoms with E-state index in [1.165, 1.54) is 6.26 Å². The summed E-state index contributed by atoms with van der Waals surface area (Å²) in [6, 6.07) is 0. The lowest BCUT2D eigenvalue weighted by Gasteiger charge is -2.32. The molecule has 0 aromatic carbocycles. The van der Waals surface area contributed by atoms with Crippen molar-refractivity contribution in [2.24, 2.45) is 5.41 Å². The summed E-state index contributed by atoms with van der Waals surface area (Å²) < 4.78 is 27.8. The van der Waals surface area contributed by atoms with Gasteiger partial charge in [0.25, 0.3) is 11.8 Å². The summed E-state index contributed by atoms with van der Waals surface area (Å²) in [6.45, 7) is 15.3. The molecule has 13 heteroatoms. The summed E-state index contributed by atoms with van der Waals surface area (Å²) in [5.74, 6) is -1.54. The molecule has 1 saturated heterocycles. The van der Waals surface area contributed by atoms with Crippen molar-refractivity contribution in [3.63, 3.8) is 0 Å². The van der Waals surface area contributed by atoms with Gasteiger partial charge in [-0.05, 0) is 19.8 Å². The van der Waals surface area contributed by atoms with Crippen LogP contribution in [0.4, 0.5) is 0 Å². The largest absolute Gasteiger partial charge is 0.382 e. The predicted molar refractivity (Wildman–Crippen MR) is 151 cm³/mol. The second-order valence-electron chi connectivity index (χ2n) is 8.23. The van der Waals surface area contributed by atoms with Crippen LogP contribution < -0.4 is 0 Å². The average molecular weight is 596 g/mol. The Bertz CT molecular complexity index is 648. The number of hydrogen-bond acceptors (Lipinski definition) is 12. The van der Waals surface area contributed by atoms with Gasteiger partial charge in [-0.25, -0.2) is 4.79 Å². The van der Waals surface area contributed by atoms with E-state index in [0.717, 1.165) is 12.8 Å². The number of hydrogen-bond donors (Lipinski definition) is 0. The second kappa shape index (κ2) is 30.5. The molecule has 1 atom stereocenters. The number of carbonyl (C=O) groups excluding carboxylic acids is 4. The van der Waals surface area contributed by atoms with Gasteiger partial charge in [0.2, 0.25) is 0 Å². The summed E-state index contributed by atoms with van der Waals surface area (Å²) in [5.41, 5.74) is -0.578. The Morgan fingerprint density at radius 1 is 0.854 bits per heavy atom. The molecule has 2 amide bonds. The van der Waals surface area contributed by atoms with Crippen molar-refractivity contribution in [1.29, 1.82) is 0 Å². The number of carbonyl (C=O) groups is 4. The van der Waals surface area contributed by atoms with Gasteiger partial charge in [-0.15, -0.1) is 5.06 Å². The first kappa shape index (κ1) is 43.0. The van der Waals surface area contributed by atoms with E-state index < -0.39 is 23.2 Å². The molecule has 0 radical (unpaired) electrons. The Kier molecular flexibility index (Phi) is 32.1. The van der Waals surface area contributed by atoms with Crippen molar-refractivity contribution in [2.45, 2.75) is 66.7 Å². The number of imide groups is 1. The molecule has 1 rings (SSSR count). The standard InChI is InChI=1S/C24H41NO11.C2H6.CH2O.CH4/c1-4-30-17-24(20-35-34-5-2,18-32-14-13-29-3)19-33-16-15-31-12-8-6-7-9-23(28)36-25-21(26)10-11-22(25)27;2*1-2;/h5H,2,4,6-20H2,1,3H3;1-2H3;1H2;1H4. The molecular formula is C28H53NO12. The van der Waals surface area contributed by atoms with Gasteiger partial charge in [0, 0.05) is 39.6 Å². The van der Waals surface area contributed by atoms with Crippen LogP contribution in [0.1, 0.15) is 66.7 Å². The van der Waals surface area contributed by atoms with Gasteiger partial charge in [0.05, 0.1) is 51.7 Å². The van der Waals surface area contributed by atoms with Crippen molar-refractivity contribution in [2.75, 3.05) is 73.2 Å². The van der Waals surface area contributed by atoms with Crippen LogP contribution >= 0.6 is 0 Å². The number of nitrogens with zero attached hydrogens (tertiary/aromatic N) is 1. The van der Waals surface area contributed by atoms with Crippen LogP contribution in [0.15, 0.2) is 12.8 Å². The van der Waals surface area contributed by atoms with E-state index in [2.05, 4.69) is 6.58 Å². The first-order valence-electron chi connectivity index (χ1n) is 13.5. The van der Waals surface area contributed by atoms with E-state index in [4.69, 9.17) is 43.1 Å². The molecule has 1 heterocycles. The van der Waals surface area contributed by atoms with Crippen molar-refractivity contribution in [3.8, 4) is 0 Å². The summed E-state index contributed by atoms with van der Waals surface area (Å²) in [7, 11) is 1.61. The van der Waals surface area contributed by atoms with Crippen molar-refractivity contribution >= 4 is 24.6 Å². The predicted octanol–water partition coefficient (Wildman–Crippen LogP) is 3.44. The van der Waals surface area contributed by atoms with Crippen LogP contribution in [0.2, 0.25) is 0 Å². The van der Waals surface area contributed by atoms with Gasteiger partial charge in [-0.3, -0.25) is 9.59 Å². The van der Waals surface area contributed by atoms with Crippen molar-refractivity contribution in [1.82, 2.24) is 5.06 Å². The number of methoxy groups -OCH3 is 1. The van der Waals surface area contributed by atoms with Gasteiger partial charge < -0.3 is 38.2 Å². The third-order valence-electron chi connectivity index (χ3n) is 5.10. The van der Waals surface area contributed by atoms with Gasteiger partial charge >= 0.3 is 5.97 Å². The molecule has 1 aliphatic heterocycles. The van der Waals surface area contributed by atoms with Crippen LogP contribution in [-0.2, 0) is 57.5 Å². The molecule has 1 unspecified atom stereocenters. The van der Waals surface area contributed by atoms with Gasteiger partial charge in [0.1, 0.15) is 19.7 Å². The second-order valence-corrected chi connectivity index (χ2v) is 8.23. The SMILES string of the molecule is C.C=COOCC(COCC)(COCCOC)COCCOCCCCCC(=O)ON1C(=O)CCC1=O.C=O.CC. The van der Waals surface area contributed by atoms with E-state index in [0.29, 0.717) is 70.9 Å². The van der Waals surface area contributed by atoms with E-state index in [1.807, 2.05) is 27.6 Å². The minimum absolute atomic E-state index is 0. The zero-order valence-corrected chi connectivity index (χ0v) is 24.7. The highest BCUT2D eigenvalue weighted by molar-refractivity contribution is 6.01. The fourth-order valence-electron chi connectivity index (χ4n) is 3.17. The minimum atomic E-state index is -0.586. The molecule has 41 heavy (non-hydrogen) atoms. The summed E-state index contributed by atoms with van der Waals surface area (Å²) in [5, 5.41) is 0.568. The van der Waals surface area contributed by atoms with Crippen LogP contribution in [0.25, 0.3) is 0 Å². The topological polar surface area (TPSA) is 145 Å². The number of unbranched alkanes of at least 4 members (excludes halogenated alkanes) is 2. The van der Waals surface area contributed by atoms with E-state index >= 15 is 0 Å². The molecule has 13 nitrogen and oxygen atoms in total. The third-order valence-corrected chi connectivity index (χ3v) is 5.10. The maximum absolute atomic E-state index is 11.8. The normalized spacial score (nSPS) is 13.6. The summed E-state index contributed by atoms with van der Waals surface area (Å²) in [4.78, 5) is 57.5. The molecule has 0 aliphatic carbocycles. The molecule has 0 N–H and O–H groups in total. The maximum Gasteiger partial charge on any atom is 0.333 e. The molecule has 0 spiro atoms. The number of amides is 2. The summed E-state index contributed by atoms with van der Waals surface area (Å²) in [6.07, 6.45) is 3.57. The zero-order chi connectivity index (χ0) is 30.5. The van der Waals surface area contributed by atoms with Gasteiger partial charge in [-0.2, -0.15) is 4.89 Å². The van der Waals surface area contributed by atoms with Gasteiger partial charge in [0.15, 0.2) is 0 Å². The van der Waals surface area contributed by atoms with E-state index in [-0.39, 0.29) is 33.3 Å². The van der Waals surface area contributed by atoms with Crippen LogP contribution in [-0.4, -0.2) is 103 Å². The lowest BCUT2D eigenvalue weighted by atomic mass is 9.92. The van der Waals surface area contributed by atoms with Crippen molar-refractivity contribution in [3.05, 3.63) is 12.8 Å². The average Bonchev–Trinajstić information content (AvgIpc) is 3.29. The lowest BCUT2D eigenvalue weighted by Crippen LogP contribution is -2.42. The summed E-state index contributed by atoms with van der Waals surface area (Å²) >= 11 is 0. The van der Waals surface area contributed by atoms with Crippen LogP contribution in [0.5, 0.6) is 0 Å². The molecule has 242 valence electrons. The first-order chi connectivity index (χ1) is 19.5. The fraction of sp³-hybridized carbons (Fsp3) is 0.786. The molecule has 0 aromatic rings. The number of hydroxylamine groups is 2. The van der Waals surface area contributed by atoms with Crippen molar-refractivity contribution < 1.29 is 57.5 Å². The molecule has 0 saturated carbocycles. The molecular weight excluding hydrogens is 542 g/mol. The molecule has 1 fully saturated rings. The number of rotatable bonds is 24. The Morgan fingerprint density at radius 3 is 1.98 bits per heavy atom. The quantitative estimate of drug-likeness (QED) is 0.0530. The first-order valence-corrected chi connectivity index (χ1v) is 13.5. The maximum atomic E-state index is 11.8. The Labute approximate surface area is 245 Å². The monoisotopic (exact) mass is 595 g/mol. The Balaban J connectivity index is -0.00000276. The highest BCUT2D eigenvalue weighted by Crippen LogP contribution is 2.21. The van der Waals surface area contributed by atoms with E-state index in [1.54, 1.807) is 7.11 Å². The third kappa shape index (κ3) is 21.9. The molecule has 0 aromatic heterocycles. The lowest BCUT2D eigenvalue weighted by molar-refractivity contribution is -0.280. The molecule has 1 aliphatic rings. The van der Waals surface area contributed by atoms with Crippen LogP contribution in [0, 0.1) is 5.41 Å². The Morgan fingerprint density at radius 2 is 1.41 bits per heavy atom. The highest BCUT2D eigenvalue weighted by Gasteiger charge is 2.34. The van der Waals surface area contributed by atoms with E-state index in [9.17, 15) is 14.4 Å². The fourth-order valence-corrected chi connectivity index (χ4v) is 3.17. The highest BCUT2D eigenvalue weighted by atomic mass is 17.2.